The number of halogens is 1. The molecule has 2 heterocycles. The average Bonchev–Trinajstić information content (AvgIpc) is 2.89. The van der Waals surface area contributed by atoms with Crippen molar-refractivity contribution in [1.29, 1.82) is 0 Å². The largest absolute Gasteiger partial charge is 0.333 e. The molecule has 0 amide bonds. The van der Waals surface area contributed by atoms with Crippen molar-refractivity contribution in [2.45, 2.75) is 31.3 Å². The lowest BCUT2D eigenvalue weighted by Gasteiger charge is -2.06. The quantitative estimate of drug-likeness (QED) is 0.781. The van der Waals surface area contributed by atoms with Crippen molar-refractivity contribution in [3.8, 4) is 0 Å². The van der Waals surface area contributed by atoms with Crippen LogP contribution >= 0.6 is 10.7 Å². The highest BCUT2D eigenvalue weighted by Crippen LogP contribution is 2.14. The third-order valence-electron chi connectivity index (χ3n) is 2.48. The van der Waals surface area contributed by atoms with Crippen LogP contribution in [0.2, 0.25) is 0 Å². The summed E-state index contributed by atoms with van der Waals surface area (Å²) >= 11 is 0. The van der Waals surface area contributed by atoms with Gasteiger partial charge in [-0.25, -0.2) is 13.4 Å². The fraction of sp³-hybridized carbons (Fsp3) is 0.400. The molecule has 2 rings (SSSR count). The fourth-order valence-corrected chi connectivity index (χ4v) is 2.30. The van der Waals surface area contributed by atoms with E-state index in [1.54, 1.807) is 12.5 Å². The number of hydrogen-bond acceptors (Lipinski definition) is 4. The lowest BCUT2D eigenvalue weighted by molar-refractivity contribution is 0.595. The SMILES string of the molecule is CCCn1cncc1Cn1cc(S(=O)(=O)Cl)cn1. The van der Waals surface area contributed by atoms with E-state index in [1.165, 1.54) is 17.1 Å². The van der Waals surface area contributed by atoms with E-state index in [0.29, 0.717) is 6.54 Å². The predicted octanol–water partition coefficient (Wildman–Crippen LogP) is 1.47. The third-order valence-corrected chi connectivity index (χ3v) is 3.79. The summed E-state index contributed by atoms with van der Waals surface area (Å²) in [4.78, 5) is 4.08. The molecule has 18 heavy (non-hydrogen) atoms. The number of hydrogen-bond donors (Lipinski definition) is 0. The van der Waals surface area contributed by atoms with Gasteiger partial charge in [-0.3, -0.25) is 4.68 Å². The van der Waals surface area contributed by atoms with Gasteiger partial charge in [-0.1, -0.05) is 6.92 Å². The average molecular weight is 289 g/mol. The predicted molar refractivity (Wildman–Crippen MR) is 66.9 cm³/mol. The van der Waals surface area contributed by atoms with Crippen molar-refractivity contribution in [3.63, 3.8) is 0 Å². The number of imidazole rings is 1. The highest BCUT2D eigenvalue weighted by Gasteiger charge is 2.13. The van der Waals surface area contributed by atoms with E-state index in [0.717, 1.165) is 18.7 Å². The molecule has 0 bridgehead atoms. The summed E-state index contributed by atoms with van der Waals surface area (Å²) in [5.74, 6) is 0. The van der Waals surface area contributed by atoms with Crippen LogP contribution < -0.4 is 0 Å². The van der Waals surface area contributed by atoms with Crippen molar-refractivity contribution in [1.82, 2.24) is 19.3 Å². The summed E-state index contributed by atoms with van der Waals surface area (Å²) in [6.07, 6.45) is 7.14. The highest BCUT2D eigenvalue weighted by molar-refractivity contribution is 8.13. The van der Waals surface area contributed by atoms with Crippen molar-refractivity contribution in [2.24, 2.45) is 0 Å². The Morgan fingerprint density at radius 3 is 2.78 bits per heavy atom. The zero-order chi connectivity index (χ0) is 13.2. The lowest BCUT2D eigenvalue weighted by atomic mass is 10.4. The van der Waals surface area contributed by atoms with Gasteiger partial charge < -0.3 is 4.57 Å². The molecule has 2 aromatic heterocycles. The van der Waals surface area contributed by atoms with E-state index >= 15 is 0 Å². The Labute approximate surface area is 110 Å². The zero-order valence-electron chi connectivity index (χ0n) is 9.82. The molecule has 0 atom stereocenters. The van der Waals surface area contributed by atoms with Crippen LogP contribution in [0.15, 0.2) is 29.8 Å². The van der Waals surface area contributed by atoms with Gasteiger partial charge in [0.15, 0.2) is 0 Å². The summed E-state index contributed by atoms with van der Waals surface area (Å²) < 4.78 is 25.8. The Hall–Kier alpha value is -1.34. The molecule has 0 saturated heterocycles. The Bertz CT molecular complexity index is 632. The maximum Gasteiger partial charge on any atom is 0.264 e. The van der Waals surface area contributed by atoms with Gasteiger partial charge in [0.1, 0.15) is 4.90 Å². The van der Waals surface area contributed by atoms with Crippen molar-refractivity contribution in [2.75, 3.05) is 0 Å². The molecular formula is C10H13ClN4O2S. The molecule has 0 saturated carbocycles. The molecule has 0 aliphatic rings. The molecule has 0 fully saturated rings. The van der Waals surface area contributed by atoms with Gasteiger partial charge in [0.25, 0.3) is 9.05 Å². The van der Waals surface area contributed by atoms with Crippen LogP contribution in [0, 0.1) is 0 Å². The number of rotatable bonds is 5. The first-order valence-corrected chi connectivity index (χ1v) is 7.77. The number of aromatic nitrogens is 4. The summed E-state index contributed by atoms with van der Waals surface area (Å²) in [7, 11) is 1.52. The van der Waals surface area contributed by atoms with Gasteiger partial charge in [-0.2, -0.15) is 5.10 Å². The molecule has 0 aromatic carbocycles. The Kier molecular flexibility index (Phi) is 3.72. The van der Waals surface area contributed by atoms with Gasteiger partial charge >= 0.3 is 0 Å². The van der Waals surface area contributed by atoms with Crippen LogP contribution in [0.5, 0.6) is 0 Å². The summed E-state index contributed by atoms with van der Waals surface area (Å²) in [5.41, 5.74) is 0.971. The molecular weight excluding hydrogens is 276 g/mol. The minimum Gasteiger partial charge on any atom is -0.333 e. The van der Waals surface area contributed by atoms with Crippen molar-refractivity contribution in [3.05, 3.63) is 30.6 Å². The standard InChI is InChI=1S/C10H13ClN4O2S/c1-2-3-14-8-12-4-9(14)6-15-7-10(5-13-15)18(11,16)17/h4-5,7-8H,2-3,6H2,1H3. The van der Waals surface area contributed by atoms with Gasteiger partial charge in [0.05, 0.1) is 31.0 Å². The third kappa shape index (κ3) is 2.91. The maximum absolute atomic E-state index is 11.1. The van der Waals surface area contributed by atoms with E-state index in [2.05, 4.69) is 17.0 Å². The van der Waals surface area contributed by atoms with Crippen molar-refractivity contribution >= 4 is 19.7 Å². The minimum atomic E-state index is -3.71. The molecule has 0 aliphatic carbocycles. The summed E-state index contributed by atoms with van der Waals surface area (Å²) in [6.45, 7) is 3.42. The van der Waals surface area contributed by atoms with Crippen LogP contribution in [0.1, 0.15) is 19.0 Å². The van der Waals surface area contributed by atoms with Crippen molar-refractivity contribution < 1.29 is 8.42 Å². The first-order chi connectivity index (χ1) is 8.50. The van der Waals surface area contributed by atoms with E-state index < -0.39 is 9.05 Å². The molecule has 0 spiro atoms. The highest BCUT2D eigenvalue weighted by atomic mass is 35.7. The van der Waals surface area contributed by atoms with Gasteiger partial charge in [-0.15, -0.1) is 0 Å². The second-order valence-electron chi connectivity index (χ2n) is 3.89. The normalized spacial score (nSPS) is 11.9. The van der Waals surface area contributed by atoms with Gasteiger partial charge in [0, 0.05) is 23.4 Å². The topological polar surface area (TPSA) is 69.8 Å². The van der Waals surface area contributed by atoms with Crippen LogP contribution in [0.3, 0.4) is 0 Å². The Morgan fingerprint density at radius 2 is 2.17 bits per heavy atom. The molecule has 2 aromatic rings. The van der Waals surface area contributed by atoms with E-state index in [-0.39, 0.29) is 4.90 Å². The zero-order valence-corrected chi connectivity index (χ0v) is 11.4. The van der Waals surface area contributed by atoms with Crippen LogP contribution in [0.4, 0.5) is 0 Å². The smallest absolute Gasteiger partial charge is 0.264 e. The molecule has 8 heteroatoms. The van der Waals surface area contributed by atoms with Gasteiger partial charge in [0.2, 0.25) is 0 Å². The molecule has 6 nitrogen and oxygen atoms in total. The fourth-order valence-electron chi connectivity index (χ4n) is 1.65. The number of aryl methyl sites for hydroxylation is 1. The first-order valence-electron chi connectivity index (χ1n) is 5.47. The second kappa shape index (κ2) is 5.11. The Balaban J connectivity index is 2.19. The van der Waals surface area contributed by atoms with E-state index in [1.807, 2.05) is 4.57 Å². The van der Waals surface area contributed by atoms with E-state index in [9.17, 15) is 8.42 Å². The van der Waals surface area contributed by atoms with Crippen LogP contribution in [-0.2, 0) is 22.1 Å². The maximum atomic E-state index is 11.1. The van der Waals surface area contributed by atoms with Crippen LogP contribution in [0.25, 0.3) is 0 Å². The second-order valence-corrected chi connectivity index (χ2v) is 6.46. The summed E-state index contributed by atoms with van der Waals surface area (Å²) in [6, 6.07) is 0. The van der Waals surface area contributed by atoms with Crippen LogP contribution in [-0.4, -0.2) is 27.7 Å². The molecule has 0 unspecified atom stereocenters. The first kappa shape index (κ1) is 13.1. The monoisotopic (exact) mass is 288 g/mol. The molecule has 0 radical (unpaired) electrons. The molecule has 0 N–H and O–H groups in total. The summed E-state index contributed by atoms with van der Waals surface area (Å²) in [5, 5.41) is 3.97. The minimum absolute atomic E-state index is 0.00530. The van der Waals surface area contributed by atoms with E-state index in [4.69, 9.17) is 10.7 Å². The van der Waals surface area contributed by atoms with Gasteiger partial charge in [-0.05, 0) is 6.42 Å². The lowest BCUT2D eigenvalue weighted by Crippen LogP contribution is -2.07. The number of nitrogens with zero attached hydrogens (tertiary/aromatic N) is 4. The molecule has 98 valence electrons. The molecule has 0 aliphatic heterocycles. The Morgan fingerprint density at radius 1 is 1.39 bits per heavy atom.